The Balaban J connectivity index is 1.57. The molecule has 0 atom stereocenters. The van der Waals surface area contributed by atoms with Crippen molar-refractivity contribution in [3.8, 4) is 17.3 Å². The van der Waals surface area contributed by atoms with Crippen LogP contribution in [0.25, 0.3) is 5.82 Å². The molecule has 4 nitrogen and oxygen atoms in total. The average molecular weight is 387 g/mol. The zero-order chi connectivity index (χ0) is 20.4. The SMILES string of the molecule is Cc1ccc(C(C)(C)c2ccc(Oc3cc(-n4cccn4)ncc3F)cc2)cc1. The largest absolute Gasteiger partial charge is 0.454 e. The van der Waals surface area contributed by atoms with Crippen LogP contribution in [-0.2, 0) is 5.41 Å². The zero-order valence-electron chi connectivity index (χ0n) is 16.6. The third-order valence-corrected chi connectivity index (χ3v) is 5.12. The fourth-order valence-electron chi connectivity index (χ4n) is 3.22. The molecule has 5 heteroatoms. The Morgan fingerprint density at radius 1 is 0.966 bits per heavy atom. The van der Waals surface area contributed by atoms with Crippen LogP contribution in [0.5, 0.6) is 11.5 Å². The van der Waals surface area contributed by atoms with Crippen LogP contribution in [0.3, 0.4) is 0 Å². The van der Waals surface area contributed by atoms with Crippen LogP contribution in [-0.4, -0.2) is 14.8 Å². The van der Waals surface area contributed by atoms with E-state index in [1.54, 1.807) is 23.1 Å². The molecule has 0 N–H and O–H groups in total. The highest BCUT2D eigenvalue weighted by molar-refractivity contribution is 5.42. The first kappa shape index (κ1) is 18.9. The summed E-state index contributed by atoms with van der Waals surface area (Å²) in [5.41, 5.74) is 3.48. The van der Waals surface area contributed by atoms with Gasteiger partial charge in [-0.2, -0.15) is 5.10 Å². The first-order valence-electron chi connectivity index (χ1n) is 9.44. The van der Waals surface area contributed by atoms with E-state index in [-0.39, 0.29) is 11.2 Å². The third-order valence-electron chi connectivity index (χ3n) is 5.12. The van der Waals surface area contributed by atoms with Crippen LogP contribution >= 0.6 is 0 Å². The minimum atomic E-state index is -0.523. The standard InChI is InChI=1S/C24H22FN3O/c1-17-5-7-18(8-6-17)24(2,3)19-9-11-20(12-10-19)29-22-15-23(26-16-21(22)25)28-14-4-13-27-28/h4-16H,1-3H3. The van der Waals surface area contributed by atoms with E-state index in [4.69, 9.17) is 4.74 Å². The molecular weight excluding hydrogens is 365 g/mol. The van der Waals surface area contributed by atoms with Gasteiger partial charge in [0.2, 0.25) is 0 Å². The number of nitrogens with zero attached hydrogens (tertiary/aromatic N) is 3. The van der Waals surface area contributed by atoms with Gasteiger partial charge >= 0.3 is 0 Å². The van der Waals surface area contributed by atoms with Gasteiger partial charge in [-0.15, -0.1) is 0 Å². The van der Waals surface area contributed by atoms with Gasteiger partial charge in [-0.3, -0.25) is 0 Å². The monoisotopic (exact) mass is 387 g/mol. The summed E-state index contributed by atoms with van der Waals surface area (Å²) in [4.78, 5) is 4.05. The van der Waals surface area contributed by atoms with Gasteiger partial charge < -0.3 is 4.74 Å². The molecule has 0 amide bonds. The predicted octanol–water partition coefficient (Wildman–Crippen LogP) is 5.83. The Labute approximate surface area is 169 Å². The molecule has 0 saturated carbocycles. The van der Waals surface area contributed by atoms with E-state index in [9.17, 15) is 4.39 Å². The van der Waals surface area contributed by atoms with E-state index >= 15 is 0 Å². The Kier molecular flexibility index (Phi) is 4.89. The van der Waals surface area contributed by atoms with Crippen LogP contribution in [0, 0.1) is 12.7 Å². The lowest BCUT2D eigenvalue weighted by Gasteiger charge is -2.26. The highest BCUT2D eigenvalue weighted by Gasteiger charge is 2.23. The molecule has 0 unspecified atom stereocenters. The first-order chi connectivity index (χ1) is 13.9. The molecule has 0 bridgehead atoms. The van der Waals surface area contributed by atoms with Crippen LogP contribution in [0.1, 0.15) is 30.5 Å². The van der Waals surface area contributed by atoms with Crippen molar-refractivity contribution in [2.75, 3.05) is 0 Å². The molecular formula is C24H22FN3O. The van der Waals surface area contributed by atoms with E-state index in [1.807, 2.05) is 24.3 Å². The molecule has 0 aliphatic heterocycles. The van der Waals surface area contributed by atoms with E-state index in [2.05, 4.69) is 55.1 Å². The number of halogens is 1. The lowest BCUT2D eigenvalue weighted by atomic mass is 9.78. The third kappa shape index (κ3) is 3.90. The Bertz CT molecular complexity index is 1100. The number of pyridine rings is 1. The Hall–Kier alpha value is -3.47. The van der Waals surface area contributed by atoms with Crippen LogP contribution in [0.2, 0.25) is 0 Å². The molecule has 2 aromatic heterocycles. The minimum Gasteiger partial charge on any atom is -0.454 e. The number of hydrogen-bond donors (Lipinski definition) is 0. The molecule has 4 aromatic rings. The lowest BCUT2D eigenvalue weighted by Crippen LogP contribution is -2.18. The summed E-state index contributed by atoms with van der Waals surface area (Å²) in [6.45, 7) is 6.46. The number of rotatable bonds is 5. The van der Waals surface area contributed by atoms with Crippen LogP contribution in [0.4, 0.5) is 4.39 Å². The fraction of sp³-hybridized carbons (Fsp3) is 0.167. The van der Waals surface area contributed by atoms with Crippen molar-refractivity contribution in [3.63, 3.8) is 0 Å². The minimum absolute atomic E-state index is 0.107. The molecule has 0 saturated heterocycles. The Morgan fingerprint density at radius 3 is 2.24 bits per heavy atom. The van der Waals surface area contributed by atoms with Gasteiger partial charge in [0.1, 0.15) is 5.75 Å². The summed E-state index contributed by atoms with van der Waals surface area (Å²) in [6.07, 6.45) is 4.52. The van der Waals surface area contributed by atoms with E-state index in [0.29, 0.717) is 11.6 Å². The maximum atomic E-state index is 14.2. The number of aromatic nitrogens is 3. The topological polar surface area (TPSA) is 39.9 Å². The lowest BCUT2D eigenvalue weighted by molar-refractivity contribution is 0.439. The van der Waals surface area contributed by atoms with Crippen LogP contribution < -0.4 is 4.74 Å². The summed E-state index contributed by atoms with van der Waals surface area (Å²) < 4.78 is 21.5. The fourth-order valence-corrected chi connectivity index (χ4v) is 3.22. The molecule has 0 fully saturated rings. The molecule has 29 heavy (non-hydrogen) atoms. The molecule has 2 heterocycles. The van der Waals surface area contributed by atoms with Crippen molar-refractivity contribution in [3.05, 3.63) is 102 Å². The summed E-state index contributed by atoms with van der Waals surface area (Å²) in [7, 11) is 0. The molecule has 0 aliphatic carbocycles. The van der Waals surface area contributed by atoms with Crippen LogP contribution in [0.15, 0.2) is 79.3 Å². The normalized spacial score (nSPS) is 11.4. The van der Waals surface area contributed by atoms with Crippen molar-refractivity contribution in [2.24, 2.45) is 0 Å². The molecule has 4 rings (SSSR count). The summed E-state index contributed by atoms with van der Waals surface area (Å²) >= 11 is 0. The molecule has 2 aromatic carbocycles. The highest BCUT2D eigenvalue weighted by atomic mass is 19.1. The van der Waals surface area contributed by atoms with Gasteiger partial charge in [0.15, 0.2) is 17.4 Å². The van der Waals surface area contributed by atoms with Gasteiger partial charge in [-0.25, -0.2) is 14.1 Å². The van der Waals surface area contributed by atoms with Gasteiger partial charge in [-0.1, -0.05) is 55.8 Å². The van der Waals surface area contributed by atoms with Crippen molar-refractivity contribution in [1.29, 1.82) is 0 Å². The quantitative estimate of drug-likeness (QED) is 0.432. The van der Waals surface area contributed by atoms with Crippen molar-refractivity contribution < 1.29 is 9.13 Å². The number of aryl methyl sites for hydroxylation is 1. The predicted molar refractivity (Wildman–Crippen MR) is 111 cm³/mol. The number of benzene rings is 2. The maximum absolute atomic E-state index is 14.2. The summed E-state index contributed by atoms with van der Waals surface area (Å²) in [5, 5.41) is 4.11. The summed E-state index contributed by atoms with van der Waals surface area (Å²) in [6, 6.07) is 19.6. The van der Waals surface area contributed by atoms with Crippen molar-refractivity contribution in [2.45, 2.75) is 26.2 Å². The second-order valence-corrected chi connectivity index (χ2v) is 7.54. The Morgan fingerprint density at radius 2 is 1.62 bits per heavy atom. The van der Waals surface area contributed by atoms with Gasteiger partial charge in [-0.05, 0) is 36.2 Å². The first-order valence-corrected chi connectivity index (χ1v) is 9.44. The summed E-state index contributed by atoms with van der Waals surface area (Å²) in [5.74, 6) is 0.634. The van der Waals surface area contributed by atoms with E-state index in [0.717, 1.165) is 11.8 Å². The van der Waals surface area contributed by atoms with Gasteiger partial charge in [0.05, 0.1) is 6.20 Å². The second-order valence-electron chi connectivity index (χ2n) is 7.54. The second kappa shape index (κ2) is 7.51. The molecule has 0 radical (unpaired) electrons. The molecule has 0 aliphatic rings. The van der Waals surface area contributed by atoms with Gasteiger partial charge in [0, 0.05) is 23.9 Å². The maximum Gasteiger partial charge on any atom is 0.184 e. The van der Waals surface area contributed by atoms with Crippen molar-refractivity contribution in [1.82, 2.24) is 14.8 Å². The van der Waals surface area contributed by atoms with Gasteiger partial charge in [0.25, 0.3) is 0 Å². The number of ether oxygens (including phenoxy) is 1. The van der Waals surface area contributed by atoms with E-state index in [1.165, 1.54) is 17.2 Å². The highest BCUT2D eigenvalue weighted by Crippen LogP contribution is 2.33. The molecule has 146 valence electrons. The smallest absolute Gasteiger partial charge is 0.184 e. The molecule has 0 spiro atoms. The van der Waals surface area contributed by atoms with Crippen molar-refractivity contribution >= 4 is 0 Å². The van der Waals surface area contributed by atoms with E-state index < -0.39 is 5.82 Å². The average Bonchev–Trinajstić information content (AvgIpc) is 3.25. The zero-order valence-corrected chi connectivity index (χ0v) is 16.6. The number of hydrogen-bond acceptors (Lipinski definition) is 3.